The summed E-state index contributed by atoms with van der Waals surface area (Å²) >= 11 is 0. The second-order valence-corrected chi connectivity index (χ2v) is 8.97. The molecule has 0 bridgehead atoms. The molecule has 4 nitrogen and oxygen atoms in total. The van der Waals surface area contributed by atoms with Crippen LogP contribution in [0.5, 0.6) is 0 Å². The van der Waals surface area contributed by atoms with Crippen molar-refractivity contribution < 1.29 is 8.42 Å². The zero-order valence-electron chi connectivity index (χ0n) is 13.6. The molecule has 1 aromatic rings. The highest BCUT2D eigenvalue weighted by Gasteiger charge is 2.40. The fraction of sp³-hybridized carbons (Fsp3) is 0.647. The fourth-order valence-electron chi connectivity index (χ4n) is 4.03. The molecule has 1 N–H and O–H groups in total. The molecule has 2 atom stereocenters. The molecule has 1 heterocycles. The summed E-state index contributed by atoms with van der Waals surface area (Å²) in [6.07, 6.45) is 3.44. The number of nitrogens with zero attached hydrogens (tertiary/aromatic N) is 1. The minimum absolute atomic E-state index is 0.0405. The molecule has 0 spiro atoms. The number of hydrogen-bond acceptors (Lipinski definition) is 3. The molecular weight excluding hydrogens is 296 g/mol. The van der Waals surface area contributed by atoms with E-state index >= 15 is 0 Å². The Hall–Kier alpha value is -0.910. The molecule has 3 rings (SSSR count). The molecule has 5 heteroatoms. The van der Waals surface area contributed by atoms with Crippen LogP contribution in [0.3, 0.4) is 0 Å². The van der Waals surface area contributed by atoms with Gasteiger partial charge in [0.25, 0.3) is 0 Å². The van der Waals surface area contributed by atoms with Crippen LogP contribution in [0.1, 0.15) is 25.0 Å². The van der Waals surface area contributed by atoms with Crippen molar-refractivity contribution in [2.24, 2.45) is 11.8 Å². The van der Waals surface area contributed by atoms with Gasteiger partial charge in [-0.25, -0.2) is 13.1 Å². The van der Waals surface area contributed by atoms with Crippen LogP contribution in [0.25, 0.3) is 0 Å². The van der Waals surface area contributed by atoms with E-state index in [1.165, 1.54) is 17.4 Å². The van der Waals surface area contributed by atoms with Crippen LogP contribution in [0.2, 0.25) is 0 Å². The highest BCUT2D eigenvalue weighted by molar-refractivity contribution is 7.88. The molecule has 0 amide bonds. The van der Waals surface area contributed by atoms with E-state index in [9.17, 15) is 8.42 Å². The molecule has 0 aromatic heterocycles. The van der Waals surface area contributed by atoms with E-state index in [1.807, 2.05) is 0 Å². The Balaban J connectivity index is 1.72. The second kappa shape index (κ2) is 5.95. The lowest BCUT2D eigenvalue weighted by Crippen LogP contribution is -2.42. The Kier molecular flexibility index (Phi) is 4.32. The summed E-state index contributed by atoms with van der Waals surface area (Å²) in [6.45, 7) is 6.20. The van der Waals surface area contributed by atoms with Gasteiger partial charge in [0.05, 0.1) is 6.26 Å². The van der Waals surface area contributed by atoms with Crippen molar-refractivity contribution in [3.05, 3.63) is 35.4 Å². The molecule has 0 saturated carbocycles. The predicted octanol–water partition coefficient (Wildman–Crippen LogP) is 1.66. The van der Waals surface area contributed by atoms with E-state index in [0.29, 0.717) is 17.9 Å². The van der Waals surface area contributed by atoms with Crippen molar-refractivity contribution in [3.8, 4) is 0 Å². The van der Waals surface area contributed by atoms with Crippen LogP contribution in [-0.2, 0) is 22.9 Å². The molecule has 1 saturated heterocycles. The van der Waals surface area contributed by atoms with Gasteiger partial charge in [0.2, 0.25) is 10.0 Å². The number of nitrogens with one attached hydrogen (secondary N) is 1. The third-order valence-electron chi connectivity index (χ3n) is 5.16. The average Bonchev–Trinajstić information content (AvgIpc) is 2.99. The number of benzene rings is 1. The van der Waals surface area contributed by atoms with E-state index < -0.39 is 10.0 Å². The number of hydrogen-bond donors (Lipinski definition) is 1. The normalized spacial score (nSPS) is 26.7. The van der Waals surface area contributed by atoms with Gasteiger partial charge in [0.1, 0.15) is 0 Å². The Bertz CT molecular complexity index is 617. The van der Waals surface area contributed by atoms with E-state index in [2.05, 4.69) is 47.7 Å². The predicted molar refractivity (Wildman–Crippen MR) is 89.3 cm³/mol. The van der Waals surface area contributed by atoms with Crippen LogP contribution >= 0.6 is 0 Å². The first kappa shape index (κ1) is 16.0. The molecule has 22 heavy (non-hydrogen) atoms. The summed E-state index contributed by atoms with van der Waals surface area (Å²) < 4.78 is 26.1. The minimum atomic E-state index is -3.15. The number of sulfonamides is 1. The third-order valence-corrected chi connectivity index (χ3v) is 5.89. The smallest absolute Gasteiger partial charge is 0.209 e. The van der Waals surface area contributed by atoms with Gasteiger partial charge < -0.3 is 0 Å². The van der Waals surface area contributed by atoms with Gasteiger partial charge in [-0.1, -0.05) is 38.1 Å². The zero-order valence-corrected chi connectivity index (χ0v) is 14.4. The van der Waals surface area contributed by atoms with Crippen molar-refractivity contribution >= 4 is 10.0 Å². The quantitative estimate of drug-likeness (QED) is 0.917. The molecule has 0 unspecified atom stereocenters. The first-order valence-electron chi connectivity index (χ1n) is 8.11. The first-order valence-corrected chi connectivity index (χ1v) is 10.0. The van der Waals surface area contributed by atoms with Crippen LogP contribution in [-0.4, -0.2) is 44.7 Å². The van der Waals surface area contributed by atoms with E-state index in [0.717, 1.165) is 25.9 Å². The lowest BCUT2D eigenvalue weighted by atomic mass is 9.92. The van der Waals surface area contributed by atoms with Crippen molar-refractivity contribution in [3.63, 3.8) is 0 Å². The second-order valence-electron chi connectivity index (χ2n) is 7.19. The van der Waals surface area contributed by atoms with E-state index in [-0.39, 0.29) is 6.04 Å². The Morgan fingerprint density at radius 3 is 2.23 bits per heavy atom. The van der Waals surface area contributed by atoms with Gasteiger partial charge in [-0.05, 0) is 35.8 Å². The number of fused-ring (bicyclic) bond motifs is 1. The topological polar surface area (TPSA) is 49.4 Å². The highest BCUT2D eigenvalue weighted by Crippen LogP contribution is 2.32. The lowest BCUT2D eigenvalue weighted by Gasteiger charge is -2.24. The van der Waals surface area contributed by atoms with E-state index in [4.69, 9.17) is 0 Å². The zero-order chi connectivity index (χ0) is 15.9. The fourth-order valence-corrected chi connectivity index (χ4v) is 4.83. The summed E-state index contributed by atoms with van der Waals surface area (Å²) in [5.41, 5.74) is 2.90. The molecule has 0 radical (unpaired) electrons. The minimum Gasteiger partial charge on any atom is -0.298 e. The standard InChI is InChI=1S/C17H26N2O2S/c1-12(2)16-10-19(11-17(16)18-22(3,20)21)15-8-13-6-4-5-7-14(13)9-15/h4-7,12,15-18H,8-11H2,1-3H3/t16-,17+/m0/s1. The summed E-state index contributed by atoms with van der Waals surface area (Å²) in [6, 6.07) is 9.21. The summed E-state index contributed by atoms with van der Waals surface area (Å²) in [7, 11) is -3.15. The third kappa shape index (κ3) is 3.36. The lowest BCUT2D eigenvalue weighted by molar-refractivity contribution is 0.231. The van der Waals surface area contributed by atoms with E-state index in [1.54, 1.807) is 0 Å². The van der Waals surface area contributed by atoms with Gasteiger partial charge in [-0.15, -0.1) is 0 Å². The summed E-state index contributed by atoms with van der Waals surface area (Å²) in [4.78, 5) is 2.49. The Morgan fingerprint density at radius 1 is 1.14 bits per heavy atom. The first-order chi connectivity index (χ1) is 10.3. The van der Waals surface area contributed by atoms with Gasteiger partial charge in [-0.3, -0.25) is 4.90 Å². The van der Waals surface area contributed by atoms with Crippen LogP contribution in [0.15, 0.2) is 24.3 Å². The molecule has 1 aliphatic heterocycles. The molecule has 1 fully saturated rings. The van der Waals surface area contributed by atoms with Crippen LogP contribution < -0.4 is 4.72 Å². The Labute approximate surface area is 134 Å². The SMILES string of the molecule is CC(C)[C@@H]1CN(C2Cc3ccccc3C2)C[C@H]1NS(C)(=O)=O. The average molecular weight is 322 g/mol. The van der Waals surface area contributed by atoms with Gasteiger partial charge in [-0.2, -0.15) is 0 Å². The van der Waals surface area contributed by atoms with Crippen molar-refractivity contribution in [2.45, 2.75) is 38.8 Å². The number of likely N-dealkylation sites (tertiary alicyclic amines) is 1. The molecule has 1 aromatic carbocycles. The number of rotatable bonds is 4. The maximum atomic E-state index is 11.6. The molecule has 2 aliphatic rings. The molecular formula is C17H26N2O2S. The van der Waals surface area contributed by atoms with Gasteiger partial charge in [0, 0.05) is 25.2 Å². The van der Waals surface area contributed by atoms with Crippen molar-refractivity contribution in [2.75, 3.05) is 19.3 Å². The van der Waals surface area contributed by atoms with Crippen LogP contribution in [0, 0.1) is 11.8 Å². The van der Waals surface area contributed by atoms with Gasteiger partial charge in [0.15, 0.2) is 0 Å². The summed E-state index contributed by atoms with van der Waals surface area (Å²) in [5.74, 6) is 0.867. The van der Waals surface area contributed by atoms with Gasteiger partial charge >= 0.3 is 0 Å². The Morgan fingerprint density at radius 2 is 1.73 bits per heavy atom. The monoisotopic (exact) mass is 322 g/mol. The van der Waals surface area contributed by atoms with Crippen LogP contribution in [0.4, 0.5) is 0 Å². The molecule has 122 valence electrons. The maximum absolute atomic E-state index is 11.6. The van der Waals surface area contributed by atoms with Crippen molar-refractivity contribution in [1.82, 2.24) is 9.62 Å². The highest BCUT2D eigenvalue weighted by atomic mass is 32.2. The van der Waals surface area contributed by atoms with Crippen molar-refractivity contribution in [1.29, 1.82) is 0 Å². The maximum Gasteiger partial charge on any atom is 0.209 e. The largest absolute Gasteiger partial charge is 0.298 e. The summed E-state index contributed by atoms with van der Waals surface area (Å²) in [5, 5.41) is 0. The molecule has 1 aliphatic carbocycles.